The normalized spacial score (nSPS) is 22.4. The van der Waals surface area contributed by atoms with Crippen molar-refractivity contribution in [2.75, 3.05) is 13.7 Å². The van der Waals surface area contributed by atoms with Crippen LogP contribution in [0.1, 0.15) is 31.2 Å². The molecule has 2 N–H and O–H groups in total. The van der Waals surface area contributed by atoms with Gasteiger partial charge < -0.3 is 9.47 Å². The lowest BCUT2D eigenvalue weighted by atomic mass is 9.88. The molecule has 0 aliphatic heterocycles. The highest BCUT2D eigenvalue weighted by Gasteiger charge is 2.37. The van der Waals surface area contributed by atoms with Gasteiger partial charge in [0.15, 0.2) is 0 Å². The summed E-state index contributed by atoms with van der Waals surface area (Å²) in [4.78, 5) is 2.80. The molecule has 0 amide bonds. The van der Waals surface area contributed by atoms with Gasteiger partial charge in [-0.1, -0.05) is 0 Å². The van der Waals surface area contributed by atoms with Crippen LogP contribution in [0.4, 0.5) is 13.2 Å². The molecule has 0 unspecified atom stereocenters. The third-order valence-corrected chi connectivity index (χ3v) is 4.92. The van der Waals surface area contributed by atoms with E-state index >= 15 is 0 Å². The first kappa shape index (κ1) is 18.9. The van der Waals surface area contributed by atoms with Gasteiger partial charge in [0.1, 0.15) is 10.5 Å². The molecule has 0 aromatic carbocycles. The molecule has 0 radical (unpaired) electrons. The zero-order valence-corrected chi connectivity index (χ0v) is 13.9. The van der Waals surface area contributed by atoms with Gasteiger partial charge in [-0.25, -0.2) is 18.5 Å². The maximum Gasteiger partial charge on any atom is 0.421 e. The van der Waals surface area contributed by atoms with Crippen LogP contribution >= 0.6 is 0 Å². The number of nitrogens with zero attached hydrogens (tertiary/aromatic N) is 1. The minimum Gasteiger partial charge on any atom is -0.477 e. The summed E-state index contributed by atoms with van der Waals surface area (Å²) in [5, 5.41) is 4.85. The minimum absolute atomic E-state index is 0.0846. The number of sulfonamides is 1. The second-order valence-corrected chi connectivity index (χ2v) is 7.32. The van der Waals surface area contributed by atoms with Gasteiger partial charge in [-0.15, -0.1) is 0 Å². The number of primary sulfonamides is 1. The van der Waals surface area contributed by atoms with Crippen molar-refractivity contribution in [3.05, 3.63) is 17.8 Å². The van der Waals surface area contributed by atoms with Crippen LogP contribution in [-0.4, -0.2) is 33.2 Å². The molecule has 0 bridgehead atoms. The van der Waals surface area contributed by atoms with E-state index in [1.54, 1.807) is 7.11 Å². The summed E-state index contributed by atoms with van der Waals surface area (Å²) >= 11 is 0. The van der Waals surface area contributed by atoms with Crippen molar-refractivity contribution in [1.82, 2.24) is 4.98 Å². The zero-order chi connectivity index (χ0) is 18.0. The first-order chi connectivity index (χ1) is 11.1. The monoisotopic (exact) mass is 368 g/mol. The quantitative estimate of drug-likeness (QED) is 0.861. The lowest BCUT2D eigenvalue weighted by Gasteiger charge is -2.27. The summed E-state index contributed by atoms with van der Waals surface area (Å²) in [6, 6.07) is 0.444. The van der Waals surface area contributed by atoms with Gasteiger partial charge in [0, 0.05) is 7.11 Å². The summed E-state index contributed by atoms with van der Waals surface area (Å²) in [6.45, 7) is 0.0846. The summed E-state index contributed by atoms with van der Waals surface area (Å²) in [5.41, 5.74) is -1.25. The van der Waals surface area contributed by atoms with Gasteiger partial charge in [-0.05, 0) is 37.7 Å². The molecular weight excluding hydrogens is 349 g/mol. The van der Waals surface area contributed by atoms with Crippen LogP contribution in [0.2, 0.25) is 0 Å². The molecule has 1 fully saturated rings. The van der Waals surface area contributed by atoms with Crippen molar-refractivity contribution >= 4 is 10.0 Å². The molecule has 1 saturated carbocycles. The Morgan fingerprint density at radius 3 is 2.42 bits per heavy atom. The molecular formula is C14H19F3N2O4S. The number of nitrogens with two attached hydrogens (primary N) is 1. The van der Waals surface area contributed by atoms with Crippen molar-refractivity contribution in [2.45, 2.75) is 42.9 Å². The molecule has 6 nitrogen and oxygen atoms in total. The highest BCUT2D eigenvalue weighted by Crippen LogP contribution is 2.36. The maximum absolute atomic E-state index is 13.1. The molecule has 136 valence electrons. The number of aromatic nitrogens is 1. The second kappa shape index (κ2) is 7.24. The van der Waals surface area contributed by atoms with Crippen LogP contribution in [-0.2, 0) is 20.9 Å². The van der Waals surface area contributed by atoms with Crippen LogP contribution in [0.15, 0.2) is 17.2 Å². The van der Waals surface area contributed by atoms with E-state index in [0.29, 0.717) is 6.07 Å². The number of pyridine rings is 1. The van der Waals surface area contributed by atoms with E-state index in [1.807, 2.05) is 0 Å². The molecule has 1 aliphatic carbocycles. The number of methoxy groups -OCH3 is 1. The Hall–Kier alpha value is -1.39. The van der Waals surface area contributed by atoms with E-state index in [4.69, 9.17) is 14.6 Å². The molecule has 10 heteroatoms. The molecule has 2 rings (SSSR count). The largest absolute Gasteiger partial charge is 0.477 e. The Morgan fingerprint density at radius 1 is 1.29 bits per heavy atom. The number of halogens is 3. The van der Waals surface area contributed by atoms with Crippen molar-refractivity contribution in [3.63, 3.8) is 0 Å². The number of rotatable bonds is 5. The number of alkyl halides is 3. The Morgan fingerprint density at radius 2 is 1.92 bits per heavy atom. The third-order valence-electron chi connectivity index (χ3n) is 4.04. The predicted octanol–water partition coefficient (Wildman–Crippen LogP) is 2.33. The summed E-state index contributed by atoms with van der Waals surface area (Å²) in [6.07, 6.45) is -0.620. The fourth-order valence-corrected chi connectivity index (χ4v) is 3.12. The van der Waals surface area contributed by atoms with E-state index < -0.39 is 32.5 Å². The first-order valence-electron chi connectivity index (χ1n) is 7.37. The van der Waals surface area contributed by atoms with Crippen LogP contribution in [0.25, 0.3) is 0 Å². The zero-order valence-electron chi connectivity index (χ0n) is 13.0. The van der Waals surface area contributed by atoms with Gasteiger partial charge in [-0.2, -0.15) is 13.2 Å². The molecule has 1 aromatic heterocycles. The van der Waals surface area contributed by atoms with Crippen molar-refractivity contribution in [3.8, 4) is 5.88 Å². The number of hydrogen-bond donors (Lipinski definition) is 1. The highest BCUT2D eigenvalue weighted by atomic mass is 32.2. The van der Waals surface area contributed by atoms with E-state index in [1.165, 1.54) is 0 Å². The van der Waals surface area contributed by atoms with Gasteiger partial charge >= 0.3 is 6.18 Å². The van der Waals surface area contributed by atoms with Crippen LogP contribution in [0, 0.1) is 5.92 Å². The SMILES string of the molecule is CO[C@H]1CC[C@@H](COc2ncc(S(N)(=O)=O)cc2C(F)(F)F)CC1. The van der Waals surface area contributed by atoms with Gasteiger partial charge in [0.25, 0.3) is 0 Å². The summed E-state index contributed by atoms with van der Waals surface area (Å²) in [7, 11) is -2.65. The van der Waals surface area contributed by atoms with E-state index in [2.05, 4.69) is 4.98 Å². The minimum atomic E-state index is -4.79. The van der Waals surface area contributed by atoms with E-state index in [0.717, 1.165) is 31.9 Å². The summed E-state index contributed by atoms with van der Waals surface area (Å²) < 4.78 is 72.2. The predicted molar refractivity (Wildman–Crippen MR) is 78.9 cm³/mol. The fraction of sp³-hybridized carbons (Fsp3) is 0.643. The Labute approximate surface area is 138 Å². The maximum atomic E-state index is 13.1. The van der Waals surface area contributed by atoms with Gasteiger partial charge in [0.2, 0.25) is 15.9 Å². The molecule has 0 spiro atoms. The number of hydrogen-bond acceptors (Lipinski definition) is 5. The van der Waals surface area contributed by atoms with E-state index in [-0.39, 0.29) is 18.6 Å². The van der Waals surface area contributed by atoms with Crippen molar-refractivity contribution < 1.29 is 31.1 Å². The van der Waals surface area contributed by atoms with Crippen molar-refractivity contribution in [1.29, 1.82) is 0 Å². The average Bonchev–Trinajstić information content (AvgIpc) is 2.51. The highest BCUT2D eigenvalue weighted by molar-refractivity contribution is 7.89. The average molecular weight is 368 g/mol. The van der Waals surface area contributed by atoms with Gasteiger partial charge in [0.05, 0.1) is 18.9 Å². The van der Waals surface area contributed by atoms with Gasteiger partial charge in [-0.3, -0.25) is 0 Å². The molecule has 24 heavy (non-hydrogen) atoms. The topological polar surface area (TPSA) is 91.5 Å². The Balaban J connectivity index is 2.12. The summed E-state index contributed by atoms with van der Waals surface area (Å²) in [5.74, 6) is -0.527. The van der Waals surface area contributed by atoms with Crippen LogP contribution in [0.5, 0.6) is 5.88 Å². The smallest absolute Gasteiger partial charge is 0.421 e. The Kier molecular flexibility index (Phi) is 5.71. The first-order valence-corrected chi connectivity index (χ1v) is 8.91. The van der Waals surface area contributed by atoms with E-state index in [9.17, 15) is 21.6 Å². The lowest BCUT2D eigenvalue weighted by Crippen LogP contribution is -2.25. The van der Waals surface area contributed by atoms with Crippen LogP contribution < -0.4 is 9.88 Å². The lowest BCUT2D eigenvalue weighted by molar-refractivity contribution is -0.139. The third kappa shape index (κ3) is 4.81. The number of ether oxygens (including phenoxy) is 2. The fourth-order valence-electron chi connectivity index (χ4n) is 2.64. The molecule has 1 heterocycles. The van der Waals surface area contributed by atoms with Crippen LogP contribution in [0.3, 0.4) is 0 Å². The van der Waals surface area contributed by atoms with Crippen molar-refractivity contribution in [2.24, 2.45) is 11.1 Å². The second-order valence-electron chi connectivity index (χ2n) is 5.76. The standard InChI is InChI=1S/C14H19F3N2O4S/c1-22-10-4-2-9(3-5-10)8-23-13-12(14(15,16)17)6-11(7-19-13)24(18,20)21/h6-7,9-10H,2-5,8H2,1H3,(H2,18,20,21)/t9-,10+. The molecule has 1 aliphatic rings. The molecule has 0 saturated heterocycles. The molecule has 1 aromatic rings. The Bertz CT molecular complexity index is 671. The molecule has 0 atom stereocenters.